The topological polar surface area (TPSA) is 87.7 Å². The summed E-state index contributed by atoms with van der Waals surface area (Å²) in [5.41, 5.74) is 5.73. The van der Waals surface area contributed by atoms with E-state index in [2.05, 4.69) is 26.4 Å². The predicted octanol–water partition coefficient (Wildman–Crippen LogP) is 2.18. The van der Waals surface area contributed by atoms with Crippen LogP contribution in [0.15, 0.2) is 27.8 Å². The molecule has 0 saturated heterocycles. The van der Waals surface area contributed by atoms with Gasteiger partial charge in [-0.15, -0.1) is 0 Å². The number of amidine groups is 1. The lowest BCUT2D eigenvalue weighted by Gasteiger charge is -2.07. The van der Waals surface area contributed by atoms with Crippen molar-refractivity contribution in [1.82, 2.24) is 0 Å². The number of rotatable bonds is 3. The van der Waals surface area contributed by atoms with Gasteiger partial charge in [0.25, 0.3) is 0 Å². The van der Waals surface area contributed by atoms with Crippen LogP contribution in [-0.2, 0) is 4.79 Å². The first kappa shape index (κ1) is 12.8. The summed E-state index contributed by atoms with van der Waals surface area (Å²) in [5, 5.41) is 14.1. The van der Waals surface area contributed by atoms with Crippen molar-refractivity contribution in [1.29, 1.82) is 0 Å². The van der Waals surface area contributed by atoms with Crippen LogP contribution in [-0.4, -0.2) is 17.0 Å². The van der Waals surface area contributed by atoms with E-state index in [1.807, 2.05) is 0 Å². The molecule has 0 saturated carbocycles. The smallest absolute Gasteiger partial charge is 0.232 e. The number of hydrogen-bond donors (Lipinski definition) is 3. The Kier molecular flexibility index (Phi) is 4.57. The highest BCUT2D eigenvalue weighted by atomic mass is 79.9. The monoisotopic (exact) mass is 305 g/mol. The van der Waals surface area contributed by atoms with Gasteiger partial charge in [-0.3, -0.25) is 4.79 Å². The normalized spacial score (nSPS) is 11.2. The van der Waals surface area contributed by atoms with Crippen molar-refractivity contribution in [3.8, 4) is 0 Å². The fourth-order valence-corrected chi connectivity index (χ4v) is 1.51. The van der Waals surface area contributed by atoms with Crippen molar-refractivity contribution in [2.24, 2.45) is 10.9 Å². The Labute approximate surface area is 105 Å². The van der Waals surface area contributed by atoms with Gasteiger partial charge in [0.1, 0.15) is 5.84 Å². The van der Waals surface area contributed by atoms with Gasteiger partial charge in [0.15, 0.2) is 0 Å². The molecule has 1 aromatic carbocycles. The molecule has 0 aromatic heterocycles. The third kappa shape index (κ3) is 3.71. The third-order valence-corrected chi connectivity index (χ3v) is 2.60. The average Bonchev–Trinajstić information content (AvgIpc) is 2.23. The second kappa shape index (κ2) is 5.72. The Hall–Kier alpha value is -1.27. The van der Waals surface area contributed by atoms with Crippen LogP contribution >= 0.6 is 27.5 Å². The summed E-state index contributed by atoms with van der Waals surface area (Å²) < 4.78 is 0.699. The summed E-state index contributed by atoms with van der Waals surface area (Å²) in [6.07, 6.45) is -0.185. The summed E-state index contributed by atoms with van der Waals surface area (Å²) in [6, 6.07) is 4.99. The molecule has 1 aromatic rings. The molecule has 0 aliphatic heterocycles. The first-order chi connectivity index (χ1) is 7.52. The Bertz CT molecular complexity index is 437. The maximum atomic E-state index is 11.4. The Balaban J connectivity index is 2.73. The maximum Gasteiger partial charge on any atom is 0.232 e. The fourth-order valence-electron chi connectivity index (χ4n) is 0.988. The molecule has 0 aliphatic rings. The molecular weight excluding hydrogens is 297 g/mol. The molecule has 0 bridgehead atoms. The van der Waals surface area contributed by atoms with Crippen LogP contribution in [0.3, 0.4) is 0 Å². The van der Waals surface area contributed by atoms with Crippen LogP contribution in [0.2, 0.25) is 5.02 Å². The minimum atomic E-state index is -0.390. The number of oxime groups is 1. The number of nitrogens with two attached hydrogens (primary N) is 1. The highest BCUT2D eigenvalue weighted by Gasteiger charge is 2.08. The van der Waals surface area contributed by atoms with Gasteiger partial charge in [0, 0.05) is 9.50 Å². The van der Waals surface area contributed by atoms with E-state index < -0.39 is 5.91 Å². The molecule has 7 heteroatoms. The summed E-state index contributed by atoms with van der Waals surface area (Å²) in [7, 11) is 0. The Morgan fingerprint density at radius 1 is 1.62 bits per heavy atom. The molecule has 0 radical (unpaired) electrons. The first-order valence-corrected chi connectivity index (χ1v) is 5.41. The van der Waals surface area contributed by atoms with Crippen molar-refractivity contribution < 1.29 is 10.0 Å². The lowest BCUT2D eigenvalue weighted by Crippen LogP contribution is -2.22. The molecule has 0 atom stereocenters. The highest BCUT2D eigenvalue weighted by molar-refractivity contribution is 9.10. The fraction of sp³-hybridized carbons (Fsp3) is 0.111. The molecule has 0 spiro atoms. The number of hydrogen-bond acceptors (Lipinski definition) is 3. The molecule has 0 aliphatic carbocycles. The number of carbonyl (C=O) groups excluding carboxylic acids is 1. The number of halogens is 2. The van der Waals surface area contributed by atoms with E-state index in [0.29, 0.717) is 15.2 Å². The number of nitrogens with zero attached hydrogens (tertiary/aromatic N) is 1. The summed E-state index contributed by atoms with van der Waals surface area (Å²) >= 11 is 9.03. The molecule has 16 heavy (non-hydrogen) atoms. The van der Waals surface area contributed by atoms with E-state index in [0.717, 1.165) is 0 Å². The van der Waals surface area contributed by atoms with Gasteiger partial charge in [-0.25, -0.2) is 0 Å². The van der Waals surface area contributed by atoms with Gasteiger partial charge in [-0.2, -0.15) is 0 Å². The van der Waals surface area contributed by atoms with E-state index in [4.69, 9.17) is 22.5 Å². The third-order valence-electron chi connectivity index (χ3n) is 1.67. The Morgan fingerprint density at radius 3 is 2.94 bits per heavy atom. The second-order valence-corrected chi connectivity index (χ2v) is 4.23. The van der Waals surface area contributed by atoms with Gasteiger partial charge < -0.3 is 16.3 Å². The van der Waals surface area contributed by atoms with Crippen LogP contribution in [0.25, 0.3) is 0 Å². The van der Waals surface area contributed by atoms with Crippen molar-refractivity contribution in [3.63, 3.8) is 0 Å². The second-order valence-electron chi connectivity index (χ2n) is 2.94. The lowest BCUT2D eigenvalue weighted by atomic mass is 10.3. The van der Waals surface area contributed by atoms with Crippen LogP contribution in [0.1, 0.15) is 6.42 Å². The first-order valence-electron chi connectivity index (χ1n) is 4.24. The number of benzene rings is 1. The SMILES string of the molecule is N/C(CC(=O)Nc1cc(Cl)ccc1Br)=N/O. The minimum Gasteiger partial charge on any atom is -0.409 e. The zero-order valence-electron chi connectivity index (χ0n) is 8.08. The molecule has 1 rings (SSSR count). The molecule has 4 N–H and O–H groups in total. The number of anilines is 1. The summed E-state index contributed by atoms with van der Waals surface area (Å²) in [6.45, 7) is 0. The highest BCUT2D eigenvalue weighted by Crippen LogP contribution is 2.25. The molecular formula is C9H9BrClN3O2. The maximum absolute atomic E-state index is 11.4. The van der Waals surface area contributed by atoms with Gasteiger partial charge in [-0.1, -0.05) is 16.8 Å². The van der Waals surface area contributed by atoms with Crippen LogP contribution < -0.4 is 11.1 Å². The van der Waals surface area contributed by atoms with Crippen molar-refractivity contribution >= 4 is 45.0 Å². The average molecular weight is 307 g/mol. The van der Waals surface area contributed by atoms with Crippen molar-refractivity contribution in [2.75, 3.05) is 5.32 Å². The van der Waals surface area contributed by atoms with Gasteiger partial charge in [-0.05, 0) is 34.1 Å². The molecule has 5 nitrogen and oxygen atoms in total. The van der Waals surface area contributed by atoms with Crippen molar-refractivity contribution in [3.05, 3.63) is 27.7 Å². The van der Waals surface area contributed by atoms with Crippen molar-refractivity contribution in [2.45, 2.75) is 6.42 Å². The van der Waals surface area contributed by atoms with E-state index in [1.54, 1.807) is 18.2 Å². The number of carbonyl (C=O) groups is 1. The molecule has 0 unspecified atom stereocenters. The summed E-state index contributed by atoms with van der Waals surface area (Å²) in [4.78, 5) is 11.4. The van der Waals surface area contributed by atoms with Crippen LogP contribution in [0.4, 0.5) is 5.69 Å². The molecule has 86 valence electrons. The van der Waals surface area contributed by atoms with E-state index in [1.165, 1.54) is 0 Å². The Morgan fingerprint density at radius 2 is 2.31 bits per heavy atom. The molecule has 0 heterocycles. The zero-order valence-corrected chi connectivity index (χ0v) is 10.4. The zero-order chi connectivity index (χ0) is 12.1. The van der Waals surface area contributed by atoms with E-state index in [-0.39, 0.29) is 12.3 Å². The standard InChI is InChI=1S/C9H9BrClN3O2/c10-6-2-1-5(11)3-7(6)13-9(15)4-8(12)14-16/h1-3,16H,4H2,(H2,12,14)(H,13,15). The van der Waals surface area contributed by atoms with E-state index in [9.17, 15) is 4.79 Å². The van der Waals surface area contributed by atoms with E-state index >= 15 is 0 Å². The quantitative estimate of drug-likeness (QED) is 0.346. The molecule has 1 amide bonds. The van der Waals surface area contributed by atoms with Gasteiger partial charge >= 0.3 is 0 Å². The minimum absolute atomic E-state index is 0.157. The number of nitrogens with one attached hydrogen (secondary N) is 1. The van der Waals surface area contributed by atoms with Gasteiger partial charge in [0.05, 0.1) is 12.1 Å². The van der Waals surface area contributed by atoms with Crippen LogP contribution in [0, 0.1) is 0 Å². The lowest BCUT2D eigenvalue weighted by molar-refractivity contribution is -0.115. The van der Waals surface area contributed by atoms with Crippen LogP contribution in [0.5, 0.6) is 0 Å². The predicted molar refractivity (Wildman–Crippen MR) is 65.8 cm³/mol. The summed E-state index contributed by atoms with van der Waals surface area (Å²) in [5.74, 6) is -0.547. The number of amides is 1. The van der Waals surface area contributed by atoms with Gasteiger partial charge in [0.2, 0.25) is 5.91 Å². The largest absolute Gasteiger partial charge is 0.409 e. The molecule has 0 fully saturated rings.